The van der Waals surface area contributed by atoms with Crippen LogP contribution in [0.5, 0.6) is 0 Å². The fourth-order valence-electron chi connectivity index (χ4n) is 0.781. The number of rotatable bonds is 2. The topological polar surface area (TPSA) is 42.0 Å². The SMILES string of the molecule is CC(=O)NCc1ncc(Br)cc1Cl. The van der Waals surface area contributed by atoms with Crippen molar-refractivity contribution in [3.8, 4) is 0 Å². The van der Waals surface area contributed by atoms with E-state index in [2.05, 4.69) is 26.2 Å². The lowest BCUT2D eigenvalue weighted by Gasteiger charge is -2.03. The van der Waals surface area contributed by atoms with Gasteiger partial charge >= 0.3 is 0 Å². The second-order valence-electron chi connectivity index (χ2n) is 2.49. The Balaban J connectivity index is 2.72. The van der Waals surface area contributed by atoms with E-state index in [1.54, 1.807) is 12.3 Å². The lowest BCUT2D eigenvalue weighted by atomic mass is 10.3. The van der Waals surface area contributed by atoms with Crippen molar-refractivity contribution in [2.24, 2.45) is 0 Å². The fraction of sp³-hybridized carbons (Fsp3) is 0.250. The molecule has 0 fully saturated rings. The predicted octanol–water partition coefficient (Wildman–Crippen LogP) is 2.13. The second-order valence-corrected chi connectivity index (χ2v) is 3.81. The standard InChI is InChI=1S/C8H8BrClN2O/c1-5(13)11-4-8-7(10)2-6(9)3-12-8/h2-3H,4H2,1H3,(H,11,13). The van der Waals surface area contributed by atoms with E-state index in [1.165, 1.54) is 6.92 Å². The van der Waals surface area contributed by atoms with Crippen molar-refractivity contribution in [3.05, 3.63) is 27.5 Å². The number of pyridine rings is 1. The van der Waals surface area contributed by atoms with Gasteiger partial charge in [0.1, 0.15) is 0 Å². The quantitative estimate of drug-likeness (QED) is 0.888. The van der Waals surface area contributed by atoms with Crippen LogP contribution in [-0.4, -0.2) is 10.9 Å². The summed E-state index contributed by atoms with van der Waals surface area (Å²) in [6, 6.07) is 1.74. The molecule has 0 aliphatic rings. The maximum Gasteiger partial charge on any atom is 0.217 e. The number of nitrogens with one attached hydrogen (secondary N) is 1. The van der Waals surface area contributed by atoms with Crippen LogP contribution in [-0.2, 0) is 11.3 Å². The Morgan fingerprint density at radius 1 is 1.77 bits per heavy atom. The number of carbonyl (C=O) groups excluding carboxylic acids is 1. The van der Waals surface area contributed by atoms with E-state index in [0.717, 1.165) is 4.47 Å². The summed E-state index contributed by atoms with van der Waals surface area (Å²) in [7, 11) is 0. The van der Waals surface area contributed by atoms with E-state index in [1.807, 2.05) is 0 Å². The van der Waals surface area contributed by atoms with E-state index in [9.17, 15) is 4.79 Å². The van der Waals surface area contributed by atoms with Gasteiger partial charge in [-0.05, 0) is 22.0 Å². The van der Waals surface area contributed by atoms with Crippen LogP contribution < -0.4 is 5.32 Å². The highest BCUT2D eigenvalue weighted by molar-refractivity contribution is 9.10. The molecule has 1 N–H and O–H groups in total. The first-order valence-corrected chi connectivity index (χ1v) is 4.81. The molecular weight excluding hydrogens is 255 g/mol. The summed E-state index contributed by atoms with van der Waals surface area (Å²) in [6.45, 7) is 1.81. The van der Waals surface area contributed by atoms with Gasteiger partial charge in [0.05, 0.1) is 17.3 Å². The van der Waals surface area contributed by atoms with Crippen LogP contribution in [0.3, 0.4) is 0 Å². The molecule has 1 aromatic heterocycles. The monoisotopic (exact) mass is 262 g/mol. The van der Waals surface area contributed by atoms with Crippen molar-refractivity contribution < 1.29 is 4.79 Å². The molecule has 0 spiro atoms. The molecule has 0 aliphatic heterocycles. The zero-order valence-corrected chi connectivity index (χ0v) is 9.32. The van der Waals surface area contributed by atoms with Crippen molar-refractivity contribution in [1.29, 1.82) is 0 Å². The molecule has 5 heteroatoms. The molecule has 1 amide bonds. The van der Waals surface area contributed by atoms with Crippen molar-refractivity contribution >= 4 is 33.4 Å². The van der Waals surface area contributed by atoms with Gasteiger partial charge < -0.3 is 5.32 Å². The van der Waals surface area contributed by atoms with Crippen LogP contribution in [0.1, 0.15) is 12.6 Å². The van der Waals surface area contributed by atoms with Gasteiger partial charge in [-0.2, -0.15) is 0 Å². The van der Waals surface area contributed by atoms with E-state index in [4.69, 9.17) is 11.6 Å². The minimum atomic E-state index is -0.0965. The minimum absolute atomic E-state index is 0.0965. The molecule has 1 heterocycles. The Labute approximate surface area is 89.6 Å². The highest BCUT2D eigenvalue weighted by Gasteiger charge is 2.02. The lowest BCUT2D eigenvalue weighted by Crippen LogP contribution is -2.19. The van der Waals surface area contributed by atoms with Gasteiger partial charge in [0, 0.05) is 17.6 Å². The third-order valence-electron chi connectivity index (χ3n) is 1.39. The second kappa shape index (κ2) is 4.58. The summed E-state index contributed by atoms with van der Waals surface area (Å²) in [5.74, 6) is -0.0965. The number of hydrogen-bond donors (Lipinski definition) is 1. The van der Waals surface area contributed by atoms with Gasteiger partial charge in [-0.25, -0.2) is 0 Å². The number of carbonyl (C=O) groups is 1. The van der Waals surface area contributed by atoms with Crippen molar-refractivity contribution in [2.75, 3.05) is 0 Å². The lowest BCUT2D eigenvalue weighted by molar-refractivity contribution is -0.119. The molecule has 1 aromatic rings. The van der Waals surface area contributed by atoms with E-state index in [-0.39, 0.29) is 5.91 Å². The largest absolute Gasteiger partial charge is 0.351 e. The van der Waals surface area contributed by atoms with E-state index < -0.39 is 0 Å². The molecule has 13 heavy (non-hydrogen) atoms. The third kappa shape index (κ3) is 3.32. The maximum atomic E-state index is 10.6. The Morgan fingerprint density at radius 3 is 3.00 bits per heavy atom. The van der Waals surface area contributed by atoms with Gasteiger partial charge in [0.25, 0.3) is 0 Å². The summed E-state index contributed by atoms with van der Waals surface area (Å²) in [4.78, 5) is 14.7. The Kier molecular flexibility index (Phi) is 3.69. The third-order valence-corrected chi connectivity index (χ3v) is 2.15. The van der Waals surface area contributed by atoms with Crippen LogP contribution in [0.15, 0.2) is 16.7 Å². The average Bonchev–Trinajstić information content (AvgIpc) is 2.02. The maximum absolute atomic E-state index is 10.6. The molecule has 1 rings (SSSR count). The van der Waals surface area contributed by atoms with Crippen LogP contribution in [0, 0.1) is 0 Å². The number of hydrogen-bond acceptors (Lipinski definition) is 2. The number of halogens is 2. The van der Waals surface area contributed by atoms with E-state index >= 15 is 0 Å². The number of amides is 1. The predicted molar refractivity (Wildman–Crippen MR) is 54.5 cm³/mol. The molecule has 0 aromatic carbocycles. The van der Waals surface area contributed by atoms with Gasteiger partial charge in [-0.15, -0.1) is 0 Å². The molecule has 70 valence electrons. The minimum Gasteiger partial charge on any atom is -0.351 e. The molecule has 3 nitrogen and oxygen atoms in total. The zero-order valence-electron chi connectivity index (χ0n) is 6.97. The molecule has 0 radical (unpaired) electrons. The Morgan fingerprint density at radius 2 is 2.46 bits per heavy atom. The van der Waals surface area contributed by atoms with Crippen molar-refractivity contribution in [2.45, 2.75) is 13.5 Å². The van der Waals surface area contributed by atoms with Crippen molar-refractivity contribution in [3.63, 3.8) is 0 Å². The summed E-state index contributed by atoms with van der Waals surface area (Å²) >= 11 is 9.11. The van der Waals surface area contributed by atoms with Crippen molar-refractivity contribution in [1.82, 2.24) is 10.3 Å². The van der Waals surface area contributed by atoms with Crippen LogP contribution in [0.25, 0.3) is 0 Å². The fourth-order valence-corrected chi connectivity index (χ4v) is 1.48. The number of nitrogens with zero attached hydrogens (tertiary/aromatic N) is 1. The Hall–Kier alpha value is -0.610. The molecule has 0 bridgehead atoms. The highest BCUT2D eigenvalue weighted by atomic mass is 79.9. The molecular formula is C8H8BrClN2O. The smallest absolute Gasteiger partial charge is 0.217 e. The van der Waals surface area contributed by atoms with Crippen LogP contribution in [0.2, 0.25) is 5.02 Å². The molecule has 0 unspecified atom stereocenters. The summed E-state index contributed by atoms with van der Waals surface area (Å²) < 4.78 is 0.823. The van der Waals surface area contributed by atoms with Gasteiger partial charge in [0.15, 0.2) is 0 Å². The van der Waals surface area contributed by atoms with Crippen LogP contribution >= 0.6 is 27.5 Å². The summed E-state index contributed by atoms with van der Waals surface area (Å²) in [5, 5.41) is 3.17. The molecule has 0 saturated heterocycles. The average molecular weight is 264 g/mol. The first kappa shape index (κ1) is 10.5. The summed E-state index contributed by atoms with van der Waals surface area (Å²) in [5.41, 5.74) is 0.667. The first-order chi connectivity index (χ1) is 6.09. The molecule has 0 saturated carbocycles. The zero-order chi connectivity index (χ0) is 9.84. The Bertz CT molecular complexity index is 330. The number of aromatic nitrogens is 1. The summed E-state index contributed by atoms with van der Waals surface area (Å²) in [6.07, 6.45) is 1.64. The molecule has 0 atom stereocenters. The first-order valence-electron chi connectivity index (χ1n) is 3.64. The van der Waals surface area contributed by atoms with Crippen LogP contribution in [0.4, 0.5) is 0 Å². The normalized spacial score (nSPS) is 9.77. The van der Waals surface area contributed by atoms with Gasteiger partial charge in [0.2, 0.25) is 5.91 Å². The van der Waals surface area contributed by atoms with Gasteiger partial charge in [-0.3, -0.25) is 9.78 Å². The van der Waals surface area contributed by atoms with E-state index in [0.29, 0.717) is 17.3 Å². The van der Waals surface area contributed by atoms with Gasteiger partial charge in [-0.1, -0.05) is 11.6 Å². The molecule has 0 aliphatic carbocycles. The highest BCUT2D eigenvalue weighted by Crippen LogP contribution is 2.18.